The minimum atomic E-state index is -0.798. The van der Waals surface area contributed by atoms with Crippen LogP contribution in [0.2, 0.25) is 0 Å². The van der Waals surface area contributed by atoms with Crippen molar-refractivity contribution in [2.45, 2.75) is 46.5 Å². The molecule has 0 spiro atoms. The van der Waals surface area contributed by atoms with Gasteiger partial charge in [-0.3, -0.25) is 4.79 Å². The van der Waals surface area contributed by atoms with Crippen molar-refractivity contribution in [1.82, 2.24) is 10.2 Å². The third-order valence-electron chi connectivity index (χ3n) is 2.92. The largest absolute Gasteiger partial charge is 0.481 e. The molecule has 5 heteroatoms. The van der Waals surface area contributed by atoms with Crippen molar-refractivity contribution in [3.05, 3.63) is 11.8 Å². The molecule has 0 bridgehead atoms. The van der Waals surface area contributed by atoms with Crippen LogP contribution in [0.3, 0.4) is 0 Å². The fourth-order valence-corrected chi connectivity index (χ4v) is 1.49. The first-order valence-corrected chi connectivity index (χ1v) is 5.94. The van der Waals surface area contributed by atoms with E-state index in [1.54, 1.807) is 0 Å². The van der Waals surface area contributed by atoms with Crippen LogP contribution in [-0.4, -0.2) is 21.3 Å². The maximum Gasteiger partial charge on any atom is 0.303 e. The number of rotatable bonds is 6. The Morgan fingerprint density at radius 2 is 1.94 bits per heavy atom. The molecule has 5 nitrogen and oxygen atoms in total. The summed E-state index contributed by atoms with van der Waals surface area (Å²) < 4.78 is 5.54. The summed E-state index contributed by atoms with van der Waals surface area (Å²) in [5.41, 5.74) is 0. The van der Waals surface area contributed by atoms with E-state index in [0.717, 1.165) is 0 Å². The Kier molecular flexibility index (Phi) is 4.66. The number of aromatic nitrogens is 2. The zero-order valence-corrected chi connectivity index (χ0v) is 10.8. The molecule has 2 unspecified atom stereocenters. The molecular formula is C12H20N2O3. The van der Waals surface area contributed by atoms with Crippen molar-refractivity contribution in [1.29, 1.82) is 0 Å². The predicted octanol–water partition coefficient (Wildman–Crippen LogP) is 2.48. The van der Waals surface area contributed by atoms with Gasteiger partial charge in [0.2, 0.25) is 11.8 Å². The fraction of sp³-hybridized carbons (Fsp3) is 0.750. The van der Waals surface area contributed by atoms with Crippen LogP contribution in [0.4, 0.5) is 0 Å². The molecule has 2 atom stereocenters. The van der Waals surface area contributed by atoms with Gasteiger partial charge in [0.05, 0.1) is 0 Å². The van der Waals surface area contributed by atoms with Crippen LogP contribution in [-0.2, 0) is 11.2 Å². The average molecular weight is 240 g/mol. The lowest BCUT2D eigenvalue weighted by Gasteiger charge is -2.09. The summed E-state index contributed by atoms with van der Waals surface area (Å²) in [6, 6.07) is 0. The summed E-state index contributed by atoms with van der Waals surface area (Å²) in [5.74, 6) is 1.05. The van der Waals surface area contributed by atoms with Crippen molar-refractivity contribution < 1.29 is 14.3 Å². The van der Waals surface area contributed by atoms with Crippen LogP contribution in [0, 0.1) is 11.8 Å². The van der Waals surface area contributed by atoms with E-state index >= 15 is 0 Å². The second kappa shape index (κ2) is 5.80. The van der Waals surface area contributed by atoms with E-state index in [1.807, 2.05) is 13.8 Å². The highest BCUT2D eigenvalue weighted by molar-refractivity contribution is 5.66. The molecule has 0 fully saturated rings. The summed E-state index contributed by atoms with van der Waals surface area (Å²) in [4.78, 5) is 10.5. The number of carboxylic acid groups (broad SMARTS) is 1. The Balaban J connectivity index is 2.59. The average Bonchev–Trinajstić information content (AvgIpc) is 2.63. The number of carbonyl (C=O) groups is 1. The normalized spacial score (nSPS) is 14.9. The molecule has 1 N–H and O–H groups in total. The van der Waals surface area contributed by atoms with E-state index in [4.69, 9.17) is 9.52 Å². The first-order valence-electron chi connectivity index (χ1n) is 5.94. The van der Waals surface area contributed by atoms with Gasteiger partial charge in [0.25, 0.3) is 0 Å². The third-order valence-corrected chi connectivity index (χ3v) is 2.92. The van der Waals surface area contributed by atoms with Gasteiger partial charge in [0.1, 0.15) is 0 Å². The van der Waals surface area contributed by atoms with Gasteiger partial charge in [-0.2, -0.15) is 0 Å². The maximum atomic E-state index is 10.5. The molecule has 1 heterocycles. The van der Waals surface area contributed by atoms with Crippen LogP contribution in [0.5, 0.6) is 0 Å². The second-order valence-corrected chi connectivity index (χ2v) is 4.97. The lowest BCUT2D eigenvalue weighted by atomic mass is 9.98. The molecule has 17 heavy (non-hydrogen) atoms. The van der Waals surface area contributed by atoms with Gasteiger partial charge in [-0.1, -0.05) is 27.7 Å². The van der Waals surface area contributed by atoms with Crippen LogP contribution < -0.4 is 0 Å². The quantitative estimate of drug-likeness (QED) is 0.826. The number of carboxylic acids is 1. The summed E-state index contributed by atoms with van der Waals surface area (Å²) in [5, 5.41) is 16.6. The van der Waals surface area contributed by atoms with E-state index in [2.05, 4.69) is 24.0 Å². The standard InChI is InChI=1S/C12H20N2O3/c1-7(2)9(4)12-14-13-10(17-12)5-8(3)6-11(15)16/h7-9H,5-6H2,1-4H3,(H,15,16). The lowest BCUT2D eigenvalue weighted by Crippen LogP contribution is -2.07. The van der Waals surface area contributed by atoms with E-state index in [0.29, 0.717) is 24.1 Å². The first-order chi connectivity index (χ1) is 7.90. The Hall–Kier alpha value is -1.39. The summed E-state index contributed by atoms with van der Waals surface area (Å²) >= 11 is 0. The molecule has 0 aromatic carbocycles. The van der Waals surface area contributed by atoms with Crippen molar-refractivity contribution in [3.63, 3.8) is 0 Å². The predicted molar refractivity (Wildman–Crippen MR) is 62.7 cm³/mol. The van der Waals surface area contributed by atoms with Crippen LogP contribution in [0.25, 0.3) is 0 Å². The van der Waals surface area contributed by atoms with Gasteiger partial charge in [-0.05, 0) is 11.8 Å². The highest BCUT2D eigenvalue weighted by Crippen LogP contribution is 2.23. The van der Waals surface area contributed by atoms with E-state index < -0.39 is 5.97 Å². The van der Waals surface area contributed by atoms with Crippen LogP contribution in [0.1, 0.15) is 51.8 Å². The summed E-state index contributed by atoms with van der Waals surface area (Å²) in [6.45, 7) is 8.11. The maximum absolute atomic E-state index is 10.5. The number of hydrogen-bond donors (Lipinski definition) is 1. The minimum absolute atomic E-state index is 0.00940. The van der Waals surface area contributed by atoms with E-state index in [1.165, 1.54) is 0 Å². The molecule has 0 aliphatic rings. The lowest BCUT2D eigenvalue weighted by molar-refractivity contribution is -0.137. The van der Waals surface area contributed by atoms with Crippen molar-refractivity contribution in [2.75, 3.05) is 0 Å². The molecular weight excluding hydrogens is 220 g/mol. The number of aliphatic carboxylic acids is 1. The third kappa shape index (κ3) is 4.17. The molecule has 0 aliphatic carbocycles. The molecule has 0 saturated heterocycles. The molecule has 96 valence electrons. The van der Waals surface area contributed by atoms with Gasteiger partial charge < -0.3 is 9.52 Å². The fourth-order valence-electron chi connectivity index (χ4n) is 1.49. The minimum Gasteiger partial charge on any atom is -0.481 e. The van der Waals surface area contributed by atoms with E-state index in [9.17, 15) is 4.79 Å². The SMILES string of the molecule is CC(CC(=O)O)Cc1nnc(C(C)C(C)C)o1. The Labute approximate surface area is 101 Å². The van der Waals surface area contributed by atoms with Gasteiger partial charge in [0.15, 0.2) is 0 Å². The van der Waals surface area contributed by atoms with Crippen LogP contribution in [0.15, 0.2) is 4.42 Å². The Bertz CT molecular complexity index is 374. The molecule has 1 aromatic heterocycles. The monoisotopic (exact) mass is 240 g/mol. The van der Waals surface area contributed by atoms with Gasteiger partial charge >= 0.3 is 5.97 Å². The van der Waals surface area contributed by atoms with Crippen molar-refractivity contribution >= 4 is 5.97 Å². The molecule has 1 rings (SSSR count). The molecule has 0 saturated carbocycles. The molecule has 0 amide bonds. The van der Waals surface area contributed by atoms with Gasteiger partial charge in [-0.25, -0.2) is 0 Å². The zero-order valence-electron chi connectivity index (χ0n) is 10.8. The second-order valence-electron chi connectivity index (χ2n) is 4.97. The summed E-state index contributed by atoms with van der Waals surface area (Å²) in [6.07, 6.45) is 0.640. The smallest absolute Gasteiger partial charge is 0.303 e. The van der Waals surface area contributed by atoms with E-state index in [-0.39, 0.29) is 18.3 Å². The summed E-state index contributed by atoms with van der Waals surface area (Å²) in [7, 11) is 0. The molecule has 1 aromatic rings. The first kappa shape index (κ1) is 13.7. The van der Waals surface area contributed by atoms with Crippen LogP contribution >= 0.6 is 0 Å². The zero-order chi connectivity index (χ0) is 13.0. The molecule has 0 radical (unpaired) electrons. The Morgan fingerprint density at radius 1 is 1.29 bits per heavy atom. The highest BCUT2D eigenvalue weighted by atomic mass is 16.4. The number of hydrogen-bond acceptors (Lipinski definition) is 4. The van der Waals surface area contributed by atoms with Gasteiger partial charge in [0, 0.05) is 18.8 Å². The highest BCUT2D eigenvalue weighted by Gasteiger charge is 2.18. The van der Waals surface area contributed by atoms with Crippen molar-refractivity contribution in [2.24, 2.45) is 11.8 Å². The van der Waals surface area contributed by atoms with Crippen molar-refractivity contribution in [3.8, 4) is 0 Å². The van der Waals surface area contributed by atoms with Gasteiger partial charge in [-0.15, -0.1) is 10.2 Å². The topological polar surface area (TPSA) is 76.2 Å². The molecule has 0 aliphatic heterocycles. The Morgan fingerprint density at radius 3 is 2.47 bits per heavy atom. The number of nitrogens with zero attached hydrogens (tertiary/aromatic N) is 2.